The lowest BCUT2D eigenvalue weighted by atomic mass is 10.3. The van der Waals surface area contributed by atoms with Gasteiger partial charge in [-0.1, -0.05) is 11.6 Å². The van der Waals surface area contributed by atoms with Gasteiger partial charge in [-0.25, -0.2) is 4.98 Å². The normalized spacial score (nSPS) is 11.8. The third-order valence-corrected chi connectivity index (χ3v) is 2.85. The molecule has 0 amide bonds. The Morgan fingerprint density at radius 2 is 2.13 bits per heavy atom. The summed E-state index contributed by atoms with van der Waals surface area (Å²) in [6.45, 7) is -0.0797. The molecule has 0 atom stereocenters. The lowest BCUT2D eigenvalue weighted by Gasteiger charge is -2.08. The molecule has 15 heavy (non-hydrogen) atoms. The minimum Gasteiger partial charge on any atom is -0.396 e. The quantitative estimate of drug-likeness (QED) is 0.846. The Morgan fingerprint density at radius 3 is 2.60 bits per heavy atom. The van der Waals surface area contributed by atoms with Crippen molar-refractivity contribution in [2.45, 2.75) is 11.2 Å². The number of nitrogens with zero attached hydrogens (tertiary/aromatic N) is 1. The number of rotatable bonds is 3. The number of hydrogen-bond acceptors (Lipinski definition) is 3. The SMILES string of the molecule is OCCSc1ncc(C(F)(F)F)cc1Cl. The molecule has 0 aliphatic heterocycles. The summed E-state index contributed by atoms with van der Waals surface area (Å²) in [5.41, 5.74) is -0.874. The first kappa shape index (κ1) is 12.6. The van der Waals surface area contributed by atoms with Gasteiger partial charge in [-0.2, -0.15) is 13.2 Å². The second-order valence-electron chi connectivity index (χ2n) is 2.58. The lowest BCUT2D eigenvalue weighted by Crippen LogP contribution is -2.05. The average molecular weight is 258 g/mol. The highest BCUT2D eigenvalue weighted by Crippen LogP contribution is 2.33. The fraction of sp³-hybridized carbons (Fsp3) is 0.375. The summed E-state index contributed by atoms with van der Waals surface area (Å²) in [7, 11) is 0. The Labute approximate surface area is 93.5 Å². The maximum absolute atomic E-state index is 12.2. The van der Waals surface area contributed by atoms with Crippen LogP contribution in [-0.4, -0.2) is 22.5 Å². The van der Waals surface area contributed by atoms with Crippen LogP contribution < -0.4 is 0 Å². The van der Waals surface area contributed by atoms with Gasteiger partial charge in [0, 0.05) is 11.9 Å². The second kappa shape index (κ2) is 5.05. The van der Waals surface area contributed by atoms with E-state index in [1.54, 1.807) is 0 Å². The van der Waals surface area contributed by atoms with Gasteiger partial charge in [-0.05, 0) is 6.07 Å². The van der Waals surface area contributed by atoms with Crippen LogP contribution in [0.15, 0.2) is 17.3 Å². The Hall–Kier alpha value is -0.460. The van der Waals surface area contributed by atoms with Crippen LogP contribution in [0.5, 0.6) is 0 Å². The van der Waals surface area contributed by atoms with E-state index in [0.717, 1.165) is 24.0 Å². The van der Waals surface area contributed by atoms with E-state index in [1.165, 1.54) is 0 Å². The molecule has 7 heteroatoms. The van der Waals surface area contributed by atoms with Crippen LogP contribution in [0.2, 0.25) is 5.02 Å². The molecular formula is C8H7ClF3NOS. The van der Waals surface area contributed by atoms with E-state index < -0.39 is 11.7 Å². The number of alkyl halides is 3. The van der Waals surface area contributed by atoms with E-state index >= 15 is 0 Å². The minimum absolute atomic E-state index is 0.0525. The number of aliphatic hydroxyl groups excluding tert-OH is 1. The lowest BCUT2D eigenvalue weighted by molar-refractivity contribution is -0.137. The van der Waals surface area contributed by atoms with Crippen LogP contribution >= 0.6 is 23.4 Å². The fourth-order valence-corrected chi connectivity index (χ4v) is 1.77. The van der Waals surface area contributed by atoms with Gasteiger partial charge in [0.1, 0.15) is 5.03 Å². The molecule has 1 heterocycles. The van der Waals surface area contributed by atoms with Crippen LogP contribution in [-0.2, 0) is 6.18 Å². The molecule has 1 aromatic rings. The fourth-order valence-electron chi connectivity index (χ4n) is 0.829. The number of aliphatic hydroxyl groups is 1. The van der Waals surface area contributed by atoms with Crippen molar-refractivity contribution < 1.29 is 18.3 Å². The Morgan fingerprint density at radius 1 is 1.47 bits per heavy atom. The molecule has 0 bridgehead atoms. The van der Waals surface area contributed by atoms with E-state index in [2.05, 4.69) is 4.98 Å². The average Bonchev–Trinajstić information content (AvgIpc) is 2.14. The topological polar surface area (TPSA) is 33.1 Å². The van der Waals surface area contributed by atoms with Crippen molar-refractivity contribution in [1.29, 1.82) is 0 Å². The van der Waals surface area contributed by atoms with Gasteiger partial charge in [-0.15, -0.1) is 11.8 Å². The van der Waals surface area contributed by atoms with Gasteiger partial charge in [-0.3, -0.25) is 0 Å². The van der Waals surface area contributed by atoms with E-state index in [0.29, 0.717) is 10.8 Å². The second-order valence-corrected chi connectivity index (χ2v) is 4.07. The Balaban J connectivity index is 2.88. The summed E-state index contributed by atoms with van der Waals surface area (Å²) < 4.78 is 36.6. The van der Waals surface area contributed by atoms with Gasteiger partial charge in [0.2, 0.25) is 0 Å². The van der Waals surface area contributed by atoms with Gasteiger partial charge >= 0.3 is 6.18 Å². The van der Waals surface area contributed by atoms with E-state index in [9.17, 15) is 13.2 Å². The van der Waals surface area contributed by atoms with Crippen LogP contribution in [0.4, 0.5) is 13.2 Å². The molecule has 0 spiro atoms. The number of halogens is 4. The van der Waals surface area contributed by atoms with Crippen molar-refractivity contribution in [3.63, 3.8) is 0 Å². The monoisotopic (exact) mass is 257 g/mol. The van der Waals surface area contributed by atoms with Crippen LogP contribution in [0.3, 0.4) is 0 Å². The molecule has 84 valence electrons. The summed E-state index contributed by atoms with van der Waals surface area (Å²) in [5, 5.41) is 8.77. The third kappa shape index (κ3) is 3.55. The van der Waals surface area contributed by atoms with Crippen molar-refractivity contribution in [3.05, 3.63) is 22.8 Å². The first-order valence-electron chi connectivity index (χ1n) is 3.91. The molecule has 0 aliphatic rings. The van der Waals surface area contributed by atoms with Crippen molar-refractivity contribution in [2.75, 3.05) is 12.4 Å². The first-order chi connectivity index (χ1) is 6.95. The molecule has 0 saturated heterocycles. The summed E-state index contributed by atoms with van der Waals surface area (Å²) in [4.78, 5) is 3.58. The van der Waals surface area contributed by atoms with Crippen LogP contribution in [0, 0.1) is 0 Å². The smallest absolute Gasteiger partial charge is 0.396 e. The van der Waals surface area contributed by atoms with E-state index in [1.807, 2.05) is 0 Å². The van der Waals surface area contributed by atoms with Gasteiger partial charge in [0.25, 0.3) is 0 Å². The largest absolute Gasteiger partial charge is 0.417 e. The highest BCUT2D eigenvalue weighted by Gasteiger charge is 2.31. The molecule has 0 fully saturated rings. The summed E-state index contributed by atoms with van der Waals surface area (Å²) in [6.07, 6.45) is -3.71. The van der Waals surface area contributed by atoms with Crippen LogP contribution in [0.25, 0.3) is 0 Å². The van der Waals surface area contributed by atoms with E-state index in [4.69, 9.17) is 16.7 Å². The third-order valence-electron chi connectivity index (χ3n) is 1.46. The zero-order valence-corrected chi connectivity index (χ0v) is 8.96. The van der Waals surface area contributed by atoms with Crippen molar-refractivity contribution in [3.8, 4) is 0 Å². The molecule has 0 unspecified atom stereocenters. The van der Waals surface area contributed by atoms with Gasteiger partial charge in [0.15, 0.2) is 0 Å². The summed E-state index contributed by atoms with van der Waals surface area (Å²) in [6, 6.07) is 0.828. The molecule has 1 N–H and O–H groups in total. The molecule has 0 aromatic carbocycles. The Kier molecular flexibility index (Phi) is 4.24. The molecule has 1 rings (SSSR count). The van der Waals surface area contributed by atoms with E-state index in [-0.39, 0.29) is 11.6 Å². The first-order valence-corrected chi connectivity index (χ1v) is 5.28. The summed E-state index contributed by atoms with van der Waals surface area (Å²) >= 11 is 6.71. The number of pyridine rings is 1. The molecule has 2 nitrogen and oxygen atoms in total. The maximum Gasteiger partial charge on any atom is 0.417 e. The predicted octanol–water partition coefficient (Wildman–Crippen LogP) is 2.84. The number of thioether (sulfide) groups is 1. The minimum atomic E-state index is -4.43. The molecule has 1 aromatic heterocycles. The van der Waals surface area contributed by atoms with Crippen molar-refractivity contribution >= 4 is 23.4 Å². The maximum atomic E-state index is 12.2. The molecule has 0 saturated carbocycles. The standard InChI is InChI=1S/C8H7ClF3NOS/c9-6-3-5(8(10,11)12)4-13-7(6)15-2-1-14/h3-4,14H,1-2H2. The number of hydrogen-bond donors (Lipinski definition) is 1. The molecule has 0 aliphatic carbocycles. The zero-order valence-electron chi connectivity index (χ0n) is 7.38. The zero-order chi connectivity index (χ0) is 11.5. The summed E-state index contributed by atoms with van der Waals surface area (Å²) in [5.74, 6) is 0.345. The van der Waals surface area contributed by atoms with Crippen molar-refractivity contribution in [1.82, 2.24) is 4.98 Å². The van der Waals surface area contributed by atoms with Gasteiger partial charge in [0.05, 0.1) is 17.2 Å². The number of aromatic nitrogens is 1. The Bertz CT molecular complexity index is 345. The predicted molar refractivity (Wildman–Crippen MR) is 52.1 cm³/mol. The highest BCUT2D eigenvalue weighted by atomic mass is 35.5. The molecular weight excluding hydrogens is 251 g/mol. The highest BCUT2D eigenvalue weighted by molar-refractivity contribution is 7.99. The van der Waals surface area contributed by atoms with Crippen LogP contribution in [0.1, 0.15) is 5.56 Å². The molecule has 0 radical (unpaired) electrons. The van der Waals surface area contributed by atoms with Gasteiger partial charge < -0.3 is 5.11 Å². The van der Waals surface area contributed by atoms with Crippen molar-refractivity contribution in [2.24, 2.45) is 0 Å².